The van der Waals surface area contributed by atoms with E-state index in [0.29, 0.717) is 16.7 Å². The monoisotopic (exact) mass is 292 g/mol. The number of rotatable bonds is 2. The Morgan fingerprint density at radius 1 is 0.950 bits per heavy atom. The molecule has 20 heavy (non-hydrogen) atoms. The van der Waals surface area contributed by atoms with Crippen molar-refractivity contribution in [3.05, 3.63) is 47.0 Å². The van der Waals surface area contributed by atoms with Crippen molar-refractivity contribution in [1.82, 2.24) is 0 Å². The second-order valence-corrected chi connectivity index (χ2v) is 6.78. The third-order valence-corrected chi connectivity index (χ3v) is 5.10. The molecule has 0 amide bonds. The predicted molar refractivity (Wildman–Crippen MR) is 75.9 cm³/mol. The summed E-state index contributed by atoms with van der Waals surface area (Å²) in [6.07, 6.45) is 0. The molecule has 2 N–H and O–H groups in total. The molecule has 0 atom stereocenters. The highest BCUT2D eigenvalue weighted by atomic mass is 32.2. The molecule has 2 aromatic rings. The molecule has 0 aliphatic rings. The molecule has 0 aliphatic carbocycles. The van der Waals surface area contributed by atoms with Crippen LogP contribution in [0.2, 0.25) is 0 Å². The van der Waals surface area contributed by atoms with Gasteiger partial charge in [0.2, 0.25) is 9.84 Å². The van der Waals surface area contributed by atoms with E-state index in [4.69, 9.17) is 0 Å². The van der Waals surface area contributed by atoms with E-state index < -0.39 is 9.84 Å². The zero-order chi connectivity index (χ0) is 15.1. The Morgan fingerprint density at radius 2 is 1.60 bits per heavy atom. The van der Waals surface area contributed by atoms with Crippen molar-refractivity contribution in [2.45, 2.75) is 30.6 Å². The van der Waals surface area contributed by atoms with Gasteiger partial charge >= 0.3 is 0 Å². The van der Waals surface area contributed by atoms with Gasteiger partial charge in [-0.2, -0.15) is 0 Å². The molecule has 0 spiro atoms. The lowest BCUT2D eigenvalue weighted by Crippen LogP contribution is -2.05. The first-order valence-electron chi connectivity index (χ1n) is 6.08. The van der Waals surface area contributed by atoms with Crippen LogP contribution in [-0.2, 0) is 9.84 Å². The zero-order valence-electron chi connectivity index (χ0n) is 11.5. The van der Waals surface area contributed by atoms with Gasteiger partial charge in [0.25, 0.3) is 0 Å². The maximum Gasteiger partial charge on any atom is 0.207 e. The first-order chi connectivity index (χ1) is 9.23. The molecule has 0 radical (unpaired) electrons. The number of aromatic hydroxyl groups is 2. The minimum Gasteiger partial charge on any atom is -0.508 e. The molecule has 2 aromatic carbocycles. The molecule has 0 fully saturated rings. The van der Waals surface area contributed by atoms with E-state index >= 15 is 0 Å². The van der Waals surface area contributed by atoms with Gasteiger partial charge < -0.3 is 10.2 Å². The van der Waals surface area contributed by atoms with Gasteiger partial charge in [-0.15, -0.1) is 0 Å². The molecule has 0 heterocycles. The Kier molecular flexibility index (Phi) is 3.48. The predicted octanol–water partition coefficient (Wildman–Crippen LogP) is 2.86. The maximum atomic E-state index is 12.6. The van der Waals surface area contributed by atoms with Crippen LogP contribution in [0.25, 0.3) is 0 Å². The Bertz CT molecular complexity index is 756. The van der Waals surface area contributed by atoms with E-state index in [1.54, 1.807) is 26.8 Å². The van der Waals surface area contributed by atoms with Crippen LogP contribution in [0.15, 0.2) is 40.1 Å². The highest BCUT2D eigenvalue weighted by Gasteiger charge is 2.22. The van der Waals surface area contributed by atoms with Crippen molar-refractivity contribution in [3.63, 3.8) is 0 Å². The van der Waals surface area contributed by atoms with Crippen molar-refractivity contribution in [1.29, 1.82) is 0 Å². The lowest BCUT2D eigenvalue weighted by molar-refractivity contribution is 0.464. The second kappa shape index (κ2) is 4.83. The van der Waals surface area contributed by atoms with E-state index in [1.165, 1.54) is 24.3 Å². The van der Waals surface area contributed by atoms with E-state index in [1.807, 2.05) is 0 Å². The van der Waals surface area contributed by atoms with Crippen LogP contribution in [0.4, 0.5) is 0 Å². The van der Waals surface area contributed by atoms with E-state index in [0.717, 1.165) is 0 Å². The van der Waals surface area contributed by atoms with Crippen molar-refractivity contribution in [2.24, 2.45) is 0 Å². The van der Waals surface area contributed by atoms with Gasteiger partial charge in [0.15, 0.2) is 0 Å². The number of sulfone groups is 1. The Hall–Kier alpha value is -2.01. The highest BCUT2D eigenvalue weighted by molar-refractivity contribution is 7.91. The maximum absolute atomic E-state index is 12.6. The van der Waals surface area contributed by atoms with Crippen LogP contribution >= 0.6 is 0 Å². The van der Waals surface area contributed by atoms with Crippen LogP contribution in [-0.4, -0.2) is 18.6 Å². The zero-order valence-corrected chi connectivity index (χ0v) is 12.3. The summed E-state index contributed by atoms with van der Waals surface area (Å²) in [5, 5.41) is 19.5. The summed E-state index contributed by atoms with van der Waals surface area (Å²) < 4.78 is 25.2. The van der Waals surface area contributed by atoms with Gasteiger partial charge in [0, 0.05) is 5.56 Å². The van der Waals surface area contributed by atoms with E-state index in [2.05, 4.69) is 0 Å². The van der Waals surface area contributed by atoms with Crippen LogP contribution in [0.1, 0.15) is 16.7 Å². The lowest BCUT2D eigenvalue weighted by atomic mass is 10.1. The molecule has 0 aliphatic heterocycles. The van der Waals surface area contributed by atoms with Crippen LogP contribution < -0.4 is 0 Å². The molecule has 5 heteroatoms. The SMILES string of the molecule is Cc1cc(O)cc(S(=O)(=O)c2ccc(C)c(O)c2C)c1. The highest BCUT2D eigenvalue weighted by Crippen LogP contribution is 2.32. The molecule has 2 rings (SSSR count). The summed E-state index contributed by atoms with van der Waals surface area (Å²) in [6, 6.07) is 7.21. The Balaban J connectivity index is 2.70. The fourth-order valence-corrected chi connectivity index (χ4v) is 3.74. The van der Waals surface area contributed by atoms with Crippen molar-refractivity contribution < 1.29 is 18.6 Å². The number of hydrogen-bond acceptors (Lipinski definition) is 4. The third-order valence-electron chi connectivity index (χ3n) is 3.22. The fraction of sp³-hybridized carbons (Fsp3) is 0.200. The van der Waals surface area contributed by atoms with E-state index in [-0.39, 0.29) is 21.3 Å². The summed E-state index contributed by atoms with van der Waals surface area (Å²) in [6.45, 7) is 4.97. The van der Waals surface area contributed by atoms with Crippen LogP contribution in [0.3, 0.4) is 0 Å². The van der Waals surface area contributed by atoms with Gasteiger partial charge in [-0.1, -0.05) is 6.07 Å². The first kappa shape index (κ1) is 14.4. The molecule has 0 unspecified atom stereocenters. The first-order valence-corrected chi connectivity index (χ1v) is 7.56. The molecule has 4 nitrogen and oxygen atoms in total. The van der Waals surface area contributed by atoms with Gasteiger partial charge in [0.05, 0.1) is 9.79 Å². The number of aryl methyl sites for hydroxylation is 2. The molecule has 106 valence electrons. The summed E-state index contributed by atoms with van der Waals surface area (Å²) in [7, 11) is -3.77. The van der Waals surface area contributed by atoms with Crippen LogP contribution in [0.5, 0.6) is 11.5 Å². The average Bonchev–Trinajstić information content (AvgIpc) is 2.34. The topological polar surface area (TPSA) is 74.6 Å². The standard InChI is InChI=1S/C15H16O4S/c1-9-6-12(16)8-13(7-9)20(18,19)14-5-4-10(2)15(17)11(14)3/h4-8,16-17H,1-3H3. The fourth-order valence-electron chi connectivity index (χ4n) is 2.12. The number of phenols is 2. The minimum absolute atomic E-state index is 0.0151. The Labute approximate surface area is 118 Å². The normalized spacial score (nSPS) is 11.6. The quantitative estimate of drug-likeness (QED) is 0.892. The molecular weight excluding hydrogens is 276 g/mol. The molecule has 0 bridgehead atoms. The number of benzene rings is 2. The van der Waals surface area contributed by atoms with Gasteiger partial charge in [-0.05, 0) is 56.2 Å². The van der Waals surface area contributed by atoms with Crippen molar-refractivity contribution in [2.75, 3.05) is 0 Å². The second-order valence-electron chi connectivity index (χ2n) is 4.86. The van der Waals surface area contributed by atoms with Gasteiger partial charge in [-0.25, -0.2) is 8.42 Å². The summed E-state index contributed by atoms with van der Waals surface area (Å²) in [5.41, 5.74) is 1.58. The van der Waals surface area contributed by atoms with Crippen LogP contribution in [0, 0.1) is 20.8 Å². The summed E-state index contributed by atoms with van der Waals surface area (Å²) >= 11 is 0. The molecule has 0 aromatic heterocycles. The largest absolute Gasteiger partial charge is 0.508 e. The minimum atomic E-state index is -3.77. The average molecular weight is 292 g/mol. The molecule has 0 saturated heterocycles. The van der Waals surface area contributed by atoms with Crippen molar-refractivity contribution in [3.8, 4) is 11.5 Å². The van der Waals surface area contributed by atoms with E-state index in [9.17, 15) is 18.6 Å². The summed E-state index contributed by atoms with van der Waals surface area (Å²) in [5.74, 6) is -0.125. The lowest BCUT2D eigenvalue weighted by Gasteiger charge is -2.11. The Morgan fingerprint density at radius 3 is 2.20 bits per heavy atom. The number of hydrogen-bond donors (Lipinski definition) is 2. The van der Waals surface area contributed by atoms with Gasteiger partial charge in [-0.3, -0.25) is 0 Å². The molecular formula is C15H16O4S. The third kappa shape index (κ3) is 2.36. The summed E-state index contributed by atoms with van der Waals surface area (Å²) in [4.78, 5) is 0.0620. The number of phenolic OH excluding ortho intramolecular Hbond substituents is 2. The van der Waals surface area contributed by atoms with Gasteiger partial charge in [0.1, 0.15) is 11.5 Å². The smallest absolute Gasteiger partial charge is 0.207 e. The molecule has 0 saturated carbocycles. The van der Waals surface area contributed by atoms with Crippen molar-refractivity contribution >= 4 is 9.84 Å².